The molecule has 0 saturated heterocycles. The molecule has 4 heteroatoms. The molecule has 0 aliphatic carbocycles. The van der Waals surface area contributed by atoms with E-state index in [0.29, 0.717) is 17.3 Å². The van der Waals surface area contributed by atoms with Gasteiger partial charge < -0.3 is 10.3 Å². The monoisotopic (exact) mass is 338 g/mol. The van der Waals surface area contributed by atoms with Crippen molar-refractivity contribution in [3.8, 4) is 0 Å². The minimum atomic E-state index is -0.137. The average molecular weight is 339 g/mol. The third kappa shape index (κ3) is 4.06. The molecule has 0 aliphatic heterocycles. The topological polar surface area (TPSA) is 44.9 Å². The molecule has 0 aliphatic rings. The third-order valence-corrected chi connectivity index (χ3v) is 4.23. The van der Waals surface area contributed by atoms with Crippen LogP contribution in [0.2, 0.25) is 5.02 Å². The first kappa shape index (κ1) is 16.3. The van der Waals surface area contributed by atoms with E-state index in [9.17, 15) is 4.79 Å². The van der Waals surface area contributed by atoms with Crippen molar-refractivity contribution in [2.45, 2.75) is 12.3 Å². The molecule has 0 saturated carbocycles. The molecular formula is C20H19ClN2O. The van der Waals surface area contributed by atoms with Crippen LogP contribution < -0.4 is 5.32 Å². The molecule has 1 heterocycles. The molecule has 0 spiro atoms. The van der Waals surface area contributed by atoms with Crippen LogP contribution in [-0.2, 0) is 0 Å². The zero-order valence-corrected chi connectivity index (χ0v) is 14.0. The lowest BCUT2D eigenvalue weighted by Crippen LogP contribution is -2.26. The molecule has 0 radical (unpaired) electrons. The van der Waals surface area contributed by atoms with Crippen molar-refractivity contribution in [3.05, 3.63) is 94.8 Å². The van der Waals surface area contributed by atoms with Crippen molar-refractivity contribution in [2.24, 2.45) is 0 Å². The first-order valence-corrected chi connectivity index (χ1v) is 8.34. The summed E-state index contributed by atoms with van der Waals surface area (Å²) in [5.41, 5.74) is 2.98. The van der Waals surface area contributed by atoms with Crippen LogP contribution in [0.1, 0.15) is 34.0 Å². The molecule has 0 unspecified atom stereocenters. The number of nitrogens with one attached hydrogen (secondary N) is 2. The zero-order chi connectivity index (χ0) is 16.8. The van der Waals surface area contributed by atoms with E-state index in [1.54, 1.807) is 12.3 Å². The third-order valence-electron chi connectivity index (χ3n) is 4.01. The van der Waals surface area contributed by atoms with Gasteiger partial charge in [0.15, 0.2) is 0 Å². The molecule has 3 nitrogen and oxygen atoms in total. The highest BCUT2D eigenvalue weighted by Gasteiger charge is 2.14. The summed E-state index contributed by atoms with van der Waals surface area (Å²) in [5, 5.41) is 3.49. The summed E-state index contributed by atoms with van der Waals surface area (Å²) in [6.45, 7) is 0.587. The first-order valence-electron chi connectivity index (χ1n) is 7.96. The second-order valence-corrected chi connectivity index (χ2v) is 6.09. The quantitative estimate of drug-likeness (QED) is 0.676. The fraction of sp³-hybridized carbons (Fsp3) is 0.150. The van der Waals surface area contributed by atoms with Gasteiger partial charge in [0.05, 0.1) is 5.02 Å². The van der Waals surface area contributed by atoms with Gasteiger partial charge in [-0.25, -0.2) is 0 Å². The van der Waals surface area contributed by atoms with Gasteiger partial charge in [-0.05, 0) is 23.6 Å². The number of carbonyl (C=O) groups is 1. The highest BCUT2D eigenvalue weighted by molar-refractivity contribution is 6.30. The van der Waals surface area contributed by atoms with Crippen LogP contribution in [0.3, 0.4) is 0 Å². The summed E-state index contributed by atoms with van der Waals surface area (Å²) in [7, 11) is 0. The molecule has 3 aromatic rings. The summed E-state index contributed by atoms with van der Waals surface area (Å²) in [6.07, 6.45) is 2.43. The Morgan fingerprint density at radius 3 is 2.08 bits per heavy atom. The van der Waals surface area contributed by atoms with Gasteiger partial charge in [0.1, 0.15) is 5.69 Å². The second-order valence-electron chi connectivity index (χ2n) is 5.65. The largest absolute Gasteiger partial charge is 0.356 e. The van der Waals surface area contributed by atoms with E-state index in [-0.39, 0.29) is 11.8 Å². The molecule has 0 atom stereocenters. The highest BCUT2D eigenvalue weighted by Crippen LogP contribution is 2.27. The molecule has 0 bridgehead atoms. The van der Waals surface area contributed by atoms with Gasteiger partial charge in [-0.2, -0.15) is 0 Å². The molecule has 2 aromatic carbocycles. The van der Waals surface area contributed by atoms with Gasteiger partial charge >= 0.3 is 0 Å². The Hall–Kier alpha value is -2.52. The summed E-state index contributed by atoms with van der Waals surface area (Å²) in [6, 6.07) is 22.4. The lowest BCUT2D eigenvalue weighted by Gasteiger charge is -2.18. The van der Waals surface area contributed by atoms with Crippen LogP contribution in [0.4, 0.5) is 0 Å². The highest BCUT2D eigenvalue weighted by atomic mass is 35.5. The van der Waals surface area contributed by atoms with Crippen molar-refractivity contribution in [1.82, 2.24) is 10.3 Å². The van der Waals surface area contributed by atoms with Crippen molar-refractivity contribution in [1.29, 1.82) is 0 Å². The SMILES string of the molecule is O=C(NCCC(c1ccccc1)c1ccccc1)c1cc(Cl)c[nH]1. The van der Waals surface area contributed by atoms with Crippen molar-refractivity contribution in [3.63, 3.8) is 0 Å². The van der Waals surface area contributed by atoms with Gasteiger partial charge in [0.25, 0.3) is 5.91 Å². The number of benzene rings is 2. The van der Waals surface area contributed by atoms with E-state index < -0.39 is 0 Å². The lowest BCUT2D eigenvalue weighted by atomic mass is 9.88. The van der Waals surface area contributed by atoms with E-state index >= 15 is 0 Å². The van der Waals surface area contributed by atoms with Gasteiger partial charge in [-0.15, -0.1) is 0 Å². The van der Waals surface area contributed by atoms with Crippen LogP contribution in [-0.4, -0.2) is 17.4 Å². The summed E-state index contributed by atoms with van der Waals surface area (Å²) < 4.78 is 0. The Morgan fingerprint density at radius 2 is 1.58 bits per heavy atom. The molecule has 1 amide bonds. The fourth-order valence-corrected chi connectivity index (χ4v) is 2.98. The number of amides is 1. The average Bonchev–Trinajstić information content (AvgIpc) is 3.07. The zero-order valence-electron chi connectivity index (χ0n) is 13.2. The van der Waals surface area contributed by atoms with E-state index in [1.807, 2.05) is 36.4 Å². The number of hydrogen-bond acceptors (Lipinski definition) is 1. The maximum absolute atomic E-state index is 12.1. The van der Waals surface area contributed by atoms with E-state index in [2.05, 4.69) is 34.6 Å². The van der Waals surface area contributed by atoms with Crippen LogP contribution in [0.15, 0.2) is 72.9 Å². The minimum Gasteiger partial charge on any atom is -0.356 e. The van der Waals surface area contributed by atoms with E-state index in [0.717, 1.165) is 6.42 Å². The molecule has 1 aromatic heterocycles. The number of carbonyl (C=O) groups excluding carboxylic acids is 1. The summed E-state index contributed by atoms with van der Waals surface area (Å²) >= 11 is 5.84. The van der Waals surface area contributed by atoms with Gasteiger partial charge in [-0.3, -0.25) is 4.79 Å². The smallest absolute Gasteiger partial charge is 0.267 e. The molecule has 0 fully saturated rings. The number of hydrogen-bond donors (Lipinski definition) is 2. The number of aromatic nitrogens is 1. The van der Waals surface area contributed by atoms with Crippen molar-refractivity contribution >= 4 is 17.5 Å². The Kier molecular flexibility index (Phi) is 5.34. The van der Waals surface area contributed by atoms with Crippen LogP contribution in [0, 0.1) is 0 Å². The van der Waals surface area contributed by atoms with Gasteiger partial charge in [0.2, 0.25) is 0 Å². The molecule has 24 heavy (non-hydrogen) atoms. The molecule has 2 N–H and O–H groups in total. The van der Waals surface area contributed by atoms with Crippen LogP contribution in [0.5, 0.6) is 0 Å². The Balaban J connectivity index is 1.68. The first-order chi connectivity index (χ1) is 11.7. The number of rotatable bonds is 6. The number of halogens is 1. The van der Waals surface area contributed by atoms with Crippen molar-refractivity contribution in [2.75, 3.05) is 6.54 Å². The number of aromatic amines is 1. The van der Waals surface area contributed by atoms with E-state index in [1.165, 1.54) is 11.1 Å². The van der Waals surface area contributed by atoms with Crippen LogP contribution >= 0.6 is 11.6 Å². The van der Waals surface area contributed by atoms with Gasteiger partial charge in [-0.1, -0.05) is 72.3 Å². The predicted octanol–water partition coefficient (Wildman–Crippen LogP) is 4.62. The van der Waals surface area contributed by atoms with Gasteiger partial charge in [0, 0.05) is 18.7 Å². The summed E-state index contributed by atoms with van der Waals surface area (Å²) in [4.78, 5) is 15.0. The minimum absolute atomic E-state index is 0.137. The predicted molar refractivity (Wildman–Crippen MR) is 97.5 cm³/mol. The van der Waals surface area contributed by atoms with Crippen molar-refractivity contribution < 1.29 is 4.79 Å². The normalized spacial score (nSPS) is 10.8. The van der Waals surface area contributed by atoms with E-state index in [4.69, 9.17) is 11.6 Å². The molecule has 3 rings (SSSR count). The van der Waals surface area contributed by atoms with Crippen LogP contribution in [0.25, 0.3) is 0 Å². The maximum atomic E-state index is 12.1. The second kappa shape index (κ2) is 7.84. The molecular weight excluding hydrogens is 320 g/mol. The Labute approximate surface area is 146 Å². The lowest BCUT2D eigenvalue weighted by molar-refractivity contribution is 0.0948. The maximum Gasteiger partial charge on any atom is 0.267 e. The Morgan fingerprint density at radius 1 is 1.00 bits per heavy atom. The molecule has 122 valence electrons. The summed E-state index contributed by atoms with van der Waals surface area (Å²) in [5.74, 6) is 0.113. The Bertz CT molecular complexity index is 744. The standard InChI is InChI=1S/C20H19ClN2O/c21-17-13-19(23-14-17)20(24)22-12-11-18(15-7-3-1-4-8-15)16-9-5-2-6-10-16/h1-10,13-14,18,23H,11-12H2,(H,22,24). The fourth-order valence-electron chi connectivity index (χ4n) is 2.82. The number of H-pyrrole nitrogens is 1.